The van der Waals surface area contributed by atoms with Gasteiger partial charge in [-0.3, -0.25) is 4.72 Å². The molecule has 2 aromatic rings. The fraction of sp³-hybridized carbons (Fsp3) is 0.167. The van der Waals surface area contributed by atoms with Gasteiger partial charge in [-0.2, -0.15) is 0 Å². The van der Waals surface area contributed by atoms with Crippen LogP contribution in [0.1, 0.15) is 5.56 Å². The summed E-state index contributed by atoms with van der Waals surface area (Å²) in [6.07, 6.45) is 1.09. The molecule has 2 rings (SSSR count). The summed E-state index contributed by atoms with van der Waals surface area (Å²) in [4.78, 5) is 0. The standard InChI is InChI=1S/C12H12ClNO4S3/c1-20(15,16)8-9-4-2-3-5-10(9)14-21(17,18)12-7-6-11(13)19-12/h2-7,14H,8H2,1H3. The highest BCUT2D eigenvalue weighted by molar-refractivity contribution is 7.94. The molecular weight excluding hydrogens is 354 g/mol. The number of anilines is 1. The average Bonchev–Trinajstić information content (AvgIpc) is 2.77. The van der Waals surface area contributed by atoms with E-state index >= 15 is 0 Å². The molecule has 0 aliphatic carbocycles. The lowest BCUT2D eigenvalue weighted by atomic mass is 10.2. The third-order valence-electron chi connectivity index (χ3n) is 2.49. The van der Waals surface area contributed by atoms with Gasteiger partial charge >= 0.3 is 0 Å². The van der Waals surface area contributed by atoms with Crippen LogP contribution in [0.15, 0.2) is 40.6 Å². The molecule has 0 unspecified atom stereocenters. The highest BCUT2D eigenvalue weighted by atomic mass is 35.5. The number of sulfone groups is 1. The van der Waals surface area contributed by atoms with E-state index in [4.69, 9.17) is 11.6 Å². The lowest BCUT2D eigenvalue weighted by Gasteiger charge is -2.11. The van der Waals surface area contributed by atoms with Crippen molar-refractivity contribution in [3.8, 4) is 0 Å². The zero-order chi connectivity index (χ0) is 15.7. The van der Waals surface area contributed by atoms with Crippen molar-refractivity contribution in [2.45, 2.75) is 9.96 Å². The molecule has 0 aliphatic rings. The number of sulfonamides is 1. The van der Waals surface area contributed by atoms with Crippen molar-refractivity contribution in [3.63, 3.8) is 0 Å². The van der Waals surface area contributed by atoms with Gasteiger partial charge in [-0.05, 0) is 23.8 Å². The van der Waals surface area contributed by atoms with E-state index in [0.29, 0.717) is 9.90 Å². The van der Waals surface area contributed by atoms with Gasteiger partial charge in [0, 0.05) is 6.26 Å². The van der Waals surface area contributed by atoms with Gasteiger partial charge in [-0.25, -0.2) is 16.8 Å². The fourth-order valence-electron chi connectivity index (χ4n) is 1.67. The van der Waals surface area contributed by atoms with Gasteiger partial charge in [-0.1, -0.05) is 29.8 Å². The first kappa shape index (κ1) is 16.3. The number of nitrogens with one attached hydrogen (secondary N) is 1. The van der Waals surface area contributed by atoms with Crippen LogP contribution < -0.4 is 4.72 Å². The largest absolute Gasteiger partial charge is 0.279 e. The molecule has 114 valence electrons. The van der Waals surface area contributed by atoms with Gasteiger partial charge < -0.3 is 0 Å². The molecule has 0 bridgehead atoms. The van der Waals surface area contributed by atoms with Crippen molar-refractivity contribution >= 4 is 48.5 Å². The second-order valence-corrected chi connectivity index (χ2v) is 10.2. The van der Waals surface area contributed by atoms with Crippen molar-refractivity contribution in [1.29, 1.82) is 0 Å². The van der Waals surface area contributed by atoms with Crippen LogP contribution in [0.4, 0.5) is 5.69 Å². The molecule has 21 heavy (non-hydrogen) atoms. The zero-order valence-corrected chi connectivity index (χ0v) is 14.1. The molecular formula is C12H12ClNO4S3. The van der Waals surface area contributed by atoms with E-state index in [-0.39, 0.29) is 15.6 Å². The number of hydrogen-bond donors (Lipinski definition) is 1. The Morgan fingerprint density at radius 2 is 1.76 bits per heavy atom. The van der Waals surface area contributed by atoms with Gasteiger partial charge in [0.15, 0.2) is 9.84 Å². The molecule has 1 heterocycles. The average molecular weight is 366 g/mol. The number of hydrogen-bond acceptors (Lipinski definition) is 5. The number of benzene rings is 1. The first-order valence-corrected chi connectivity index (χ1v) is 10.4. The Hall–Kier alpha value is -1.09. The molecule has 1 N–H and O–H groups in total. The highest BCUT2D eigenvalue weighted by Crippen LogP contribution is 2.28. The van der Waals surface area contributed by atoms with Crippen LogP contribution in [-0.4, -0.2) is 23.1 Å². The minimum atomic E-state index is -3.78. The SMILES string of the molecule is CS(=O)(=O)Cc1ccccc1NS(=O)(=O)c1ccc(Cl)s1. The predicted octanol–water partition coefficient (Wildman–Crippen LogP) is 2.75. The van der Waals surface area contributed by atoms with Crippen LogP contribution in [0.5, 0.6) is 0 Å². The van der Waals surface area contributed by atoms with E-state index in [9.17, 15) is 16.8 Å². The minimum Gasteiger partial charge on any atom is -0.279 e. The Morgan fingerprint density at radius 3 is 2.33 bits per heavy atom. The van der Waals surface area contributed by atoms with Crippen LogP contribution in [0.25, 0.3) is 0 Å². The lowest BCUT2D eigenvalue weighted by Crippen LogP contribution is -2.14. The summed E-state index contributed by atoms with van der Waals surface area (Å²) in [7, 11) is -7.05. The molecule has 0 aliphatic heterocycles. The van der Waals surface area contributed by atoms with Crippen LogP contribution in [0.2, 0.25) is 4.34 Å². The summed E-state index contributed by atoms with van der Waals surface area (Å²) >= 11 is 6.66. The monoisotopic (exact) mass is 365 g/mol. The Morgan fingerprint density at radius 1 is 1.10 bits per heavy atom. The molecule has 1 aromatic heterocycles. The second kappa shape index (κ2) is 5.96. The third-order valence-corrected chi connectivity index (χ3v) is 6.42. The summed E-state index contributed by atoms with van der Waals surface area (Å²) in [5.74, 6) is -0.239. The predicted molar refractivity (Wildman–Crippen MR) is 85.1 cm³/mol. The van der Waals surface area contributed by atoms with E-state index in [1.165, 1.54) is 18.2 Å². The molecule has 0 radical (unpaired) electrons. The topological polar surface area (TPSA) is 80.3 Å². The van der Waals surface area contributed by atoms with Gasteiger partial charge in [0.1, 0.15) is 4.21 Å². The first-order valence-electron chi connectivity index (χ1n) is 5.71. The van der Waals surface area contributed by atoms with Crippen molar-refractivity contribution in [1.82, 2.24) is 0 Å². The molecule has 9 heteroatoms. The third kappa shape index (κ3) is 4.44. The summed E-state index contributed by atoms with van der Waals surface area (Å²) in [5.41, 5.74) is 0.638. The number of halogens is 1. The Balaban J connectivity index is 2.36. The maximum Gasteiger partial charge on any atom is 0.271 e. The Labute approximate surface area is 132 Å². The van der Waals surface area contributed by atoms with Crippen LogP contribution in [0.3, 0.4) is 0 Å². The summed E-state index contributed by atoms with van der Waals surface area (Å²) in [6, 6.07) is 9.26. The van der Waals surface area contributed by atoms with Gasteiger partial charge in [0.25, 0.3) is 10.0 Å². The van der Waals surface area contributed by atoms with Gasteiger partial charge in [-0.15, -0.1) is 11.3 Å². The maximum absolute atomic E-state index is 12.2. The van der Waals surface area contributed by atoms with Crippen molar-refractivity contribution in [3.05, 3.63) is 46.3 Å². The molecule has 0 saturated heterocycles. The molecule has 0 atom stereocenters. The van der Waals surface area contributed by atoms with Gasteiger partial charge in [0.2, 0.25) is 0 Å². The molecule has 0 spiro atoms. The van der Waals surface area contributed by atoms with Gasteiger partial charge in [0.05, 0.1) is 15.8 Å². The molecule has 0 fully saturated rings. The quantitative estimate of drug-likeness (QED) is 0.883. The number of thiophene rings is 1. The van der Waals surface area contributed by atoms with Crippen LogP contribution in [0, 0.1) is 0 Å². The number of rotatable bonds is 5. The van der Waals surface area contributed by atoms with Crippen molar-refractivity contribution < 1.29 is 16.8 Å². The second-order valence-electron chi connectivity index (χ2n) is 4.39. The molecule has 5 nitrogen and oxygen atoms in total. The summed E-state index contributed by atoms with van der Waals surface area (Å²) in [6.45, 7) is 0. The molecule has 0 amide bonds. The van der Waals surface area contributed by atoms with Crippen molar-refractivity contribution in [2.75, 3.05) is 11.0 Å². The van der Waals surface area contributed by atoms with E-state index in [1.54, 1.807) is 18.2 Å². The van der Waals surface area contributed by atoms with E-state index in [0.717, 1.165) is 17.6 Å². The van der Waals surface area contributed by atoms with Crippen LogP contribution >= 0.6 is 22.9 Å². The van der Waals surface area contributed by atoms with Crippen molar-refractivity contribution in [2.24, 2.45) is 0 Å². The van der Waals surface area contributed by atoms with E-state index < -0.39 is 19.9 Å². The number of para-hydroxylation sites is 1. The summed E-state index contributed by atoms with van der Waals surface area (Å²) in [5, 5.41) is 0. The minimum absolute atomic E-state index is 0.0710. The van der Waals surface area contributed by atoms with E-state index in [2.05, 4.69) is 4.72 Å². The van der Waals surface area contributed by atoms with Crippen LogP contribution in [-0.2, 0) is 25.6 Å². The Kier molecular flexibility index (Phi) is 4.62. The fourth-order valence-corrected chi connectivity index (χ4v) is 5.07. The zero-order valence-electron chi connectivity index (χ0n) is 10.9. The first-order chi connectivity index (χ1) is 9.67. The smallest absolute Gasteiger partial charge is 0.271 e. The normalized spacial score (nSPS) is 12.3. The van der Waals surface area contributed by atoms with E-state index in [1.807, 2.05) is 0 Å². The highest BCUT2D eigenvalue weighted by Gasteiger charge is 2.19. The lowest BCUT2D eigenvalue weighted by molar-refractivity contribution is 0.599. The molecule has 0 saturated carbocycles. The maximum atomic E-state index is 12.2. The Bertz CT molecular complexity index is 856. The summed E-state index contributed by atoms with van der Waals surface area (Å²) < 4.78 is 50.1. The molecule has 1 aromatic carbocycles.